The van der Waals surface area contributed by atoms with Crippen LogP contribution in [-0.2, 0) is 10.2 Å². The lowest BCUT2D eigenvalue weighted by molar-refractivity contribution is 0.433. The van der Waals surface area contributed by atoms with Crippen LogP contribution in [0.1, 0.15) is 13.8 Å². The Kier molecular flexibility index (Phi) is 3.53. The quantitative estimate of drug-likeness (QED) is 0.712. The van der Waals surface area contributed by atoms with E-state index >= 15 is 0 Å². The maximum atomic E-state index is 12.0. The van der Waals surface area contributed by atoms with Gasteiger partial charge in [-0.2, -0.15) is 12.7 Å². The van der Waals surface area contributed by atoms with Gasteiger partial charge in [-0.3, -0.25) is 0 Å². The zero-order valence-electron chi connectivity index (χ0n) is 9.94. The summed E-state index contributed by atoms with van der Waals surface area (Å²) in [7, 11) is -3.24. The molecule has 94 valence electrons. The number of rotatable bonds is 4. The predicted molar refractivity (Wildman–Crippen MR) is 63.2 cm³/mol. The summed E-state index contributed by atoms with van der Waals surface area (Å²) in [6, 6.07) is 0. The zero-order valence-corrected chi connectivity index (χ0v) is 10.8. The van der Waals surface area contributed by atoms with Crippen LogP contribution in [0.25, 0.3) is 0 Å². The molecule has 2 rings (SSSR count). The molecular formula is C10H21N3O2S. The van der Waals surface area contributed by atoms with Gasteiger partial charge in [-0.05, 0) is 30.8 Å². The van der Waals surface area contributed by atoms with Gasteiger partial charge >= 0.3 is 0 Å². The fourth-order valence-corrected chi connectivity index (χ4v) is 3.87. The first-order chi connectivity index (χ1) is 7.49. The molecule has 0 saturated carbocycles. The average Bonchev–Trinajstić information content (AvgIpc) is 2.73. The highest BCUT2D eigenvalue weighted by molar-refractivity contribution is 7.87. The maximum Gasteiger partial charge on any atom is 0.279 e. The number of hydrogen-bond donors (Lipinski definition) is 2. The first kappa shape index (κ1) is 12.3. The SMILES string of the molecule is CC(C)CNS(=O)(=O)N1CC2CNCC2C1. The molecule has 2 fully saturated rings. The molecule has 0 radical (unpaired) electrons. The molecule has 0 spiro atoms. The maximum absolute atomic E-state index is 12.0. The molecule has 2 heterocycles. The van der Waals surface area contributed by atoms with E-state index in [1.165, 1.54) is 0 Å². The van der Waals surface area contributed by atoms with Gasteiger partial charge in [0.25, 0.3) is 10.2 Å². The summed E-state index contributed by atoms with van der Waals surface area (Å²) >= 11 is 0. The highest BCUT2D eigenvalue weighted by atomic mass is 32.2. The highest BCUT2D eigenvalue weighted by Gasteiger charge is 2.40. The molecule has 16 heavy (non-hydrogen) atoms. The van der Waals surface area contributed by atoms with Crippen molar-refractivity contribution in [3.05, 3.63) is 0 Å². The van der Waals surface area contributed by atoms with Crippen LogP contribution >= 0.6 is 0 Å². The van der Waals surface area contributed by atoms with Crippen molar-refractivity contribution in [3.8, 4) is 0 Å². The second kappa shape index (κ2) is 4.60. The van der Waals surface area contributed by atoms with Crippen molar-refractivity contribution < 1.29 is 8.42 Å². The van der Waals surface area contributed by atoms with E-state index < -0.39 is 10.2 Å². The van der Waals surface area contributed by atoms with Gasteiger partial charge in [0.05, 0.1) is 0 Å². The monoisotopic (exact) mass is 247 g/mol. The Morgan fingerprint density at radius 2 is 1.88 bits per heavy atom. The molecule has 0 amide bonds. The van der Waals surface area contributed by atoms with Crippen LogP contribution in [0, 0.1) is 17.8 Å². The second-order valence-corrected chi connectivity index (χ2v) is 7.00. The number of nitrogens with zero attached hydrogens (tertiary/aromatic N) is 1. The van der Waals surface area contributed by atoms with Crippen molar-refractivity contribution in [1.29, 1.82) is 0 Å². The van der Waals surface area contributed by atoms with Gasteiger partial charge in [0.1, 0.15) is 0 Å². The van der Waals surface area contributed by atoms with Crippen molar-refractivity contribution in [2.45, 2.75) is 13.8 Å². The Morgan fingerprint density at radius 3 is 2.38 bits per heavy atom. The molecule has 0 aromatic rings. The molecule has 5 nitrogen and oxygen atoms in total. The van der Waals surface area contributed by atoms with E-state index in [4.69, 9.17) is 0 Å². The third-order valence-corrected chi connectivity index (χ3v) is 4.88. The van der Waals surface area contributed by atoms with Crippen molar-refractivity contribution in [1.82, 2.24) is 14.3 Å². The lowest BCUT2D eigenvalue weighted by atomic mass is 10.0. The van der Waals surface area contributed by atoms with Crippen LogP contribution in [-0.4, -0.2) is 45.4 Å². The molecule has 2 aliphatic heterocycles. The van der Waals surface area contributed by atoms with E-state index in [9.17, 15) is 8.42 Å². The molecule has 0 aromatic carbocycles. The third-order valence-electron chi connectivity index (χ3n) is 3.37. The third kappa shape index (κ3) is 2.56. The van der Waals surface area contributed by atoms with Gasteiger partial charge in [0, 0.05) is 19.6 Å². The Labute approximate surface area is 97.8 Å². The van der Waals surface area contributed by atoms with Crippen LogP contribution in [0.4, 0.5) is 0 Å². The fourth-order valence-electron chi connectivity index (χ4n) is 2.37. The van der Waals surface area contributed by atoms with Crippen LogP contribution in [0.3, 0.4) is 0 Å². The minimum Gasteiger partial charge on any atom is -0.316 e. The zero-order chi connectivity index (χ0) is 11.8. The molecule has 2 aliphatic rings. The summed E-state index contributed by atoms with van der Waals surface area (Å²) in [5, 5.41) is 3.30. The van der Waals surface area contributed by atoms with Crippen molar-refractivity contribution in [3.63, 3.8) is 0 Å². The lowest BCUT2D eigenvalue weighted by Crippen LogP contribution is -2.42. The molecule has 0 aliphatic carbocycles. The van der Waals surface area contributed by atoms with E-state index in [0.717, 1.165) is 13.1 Å². The van der Waals surface area contributed by atoms with Gasteiger partial charge < -0.3 is 5.32 Å². The standard InChI is InChI=1S/C10H21N3O2S/c1-8(2)3-12-16(14,15)13-6-9-4-11-5-10(9)7-13/h8-12H,3-7H2,1-2H3. The Morgan fingerprint density at radius 1 is 1.31 bits per heavy atom. The fraction of sp³-hybridized carbons (Fsp3) is 1.00. The summed E-state index contributed by atoms with van der Waals surface area (Å²) in [6.45, 7) is 7.79. The molecule has 6 heteroatoms. The van der Waals surface area contributed by atoms with Crippen LogP contribution in [0.5, 0.6) is 0 Å². The van der Waals surface area contributed by atoms with Crippen LogP contribution in [0.2, 0.25) is 0 Å². The molecular weight excluding hydrogens is 226 g/mol. The van der Waals surface area contributed by atoms with Gasteiger partial charge in [0.15, 0.2) is 0 Å². The van der Waals surface area contributed by atoms with E-state index in [1.807, 2.05) is 13.8 Å². The normalized spacial score (nSPS) is 31.2. The topological polar surface area (TPSA) is 61.4 Å². The van der Waals surface area contributed by atoms with Gasteiger partial charge in [-0.15, -0.1) is 0 Å². The van der Waals surface area contributed by atoms with E-state index in [2.05, 4.69) is 10.0 Å². The molecule has 0 bridgehead atoms. The Balaban J connectivity index is 1.93. The predicted octanol–water partition coefficient (Wildman–Crippen LogP) is -0.372. The first-order valence-electron chi connectivity index (χ1n) is 5.94. The summed E-state index contributed by atoms with van der Waals surface area (Å²) in [5.41, 5.74) is 0. The van der Waals surface area contributed by atoms with Gasteiger partial charge in [-0.1, -0.05) is 13.8 Å². The Hall–Kier alpha value is -0.170. The minimum atomic E-state index is -3.24. The lowest BCUT2D eigenvalue weighted by Gasteiger charge is -2.18. The van der Waals surface area contributed by atoms with Gasteiger partial charge in [-0.25, -0.2) is 4.72 Å². The summed E-state index contributed by atoms with van der Waals surface area (Å²) in [4.78, 5) is 0. The van der Waals surface area contributed by atoms with Crippen LogP contribution in [0.15, 0.2) is 0 Å². The molecule has 2 N–H and O–H groups in total. The Bertz CT molecular complexity index is 330. The highest BCUT2D eigenvalue weighted by Crippen LogP contribution is 2.27. The summed E-state index contributed by atoms with van der Waals surface area (Å²) < 4.78 is 28.2. The summed E-state index contributed by atoms with van der Waals surface area (Å²) in [5.74, 6) is 1.37. The number of fused-ring (bicyclic) bond motifs is 1. The van der Waals surface area contributed by atoms with Gasteiger partial charge in [0.2, 0.25) is 0 Å². The van der Waals surface area contributed by atoms with Crippen LogP contribution < -0.4 is 10.0 Å². The largest absolute Gasteiger partial charge is 0.316 e. The molecule has 2 saturated heterocycles. The van der Waals surface area contributed by atoms with Crippen molar-refractivity contribution >= 4 is 10.2 Å². The molecule has 2 unspecified atom stereocenters. The van der Waals surface area contributed by atoms with Crippen molar-refractivity contribution in [2.75, 3.05) is 32.7 Å². The first-order valence-corrected chi connectivity index (χ1v) is 7.38. The van der Waals surface area contributed by atoms with Crippen molar-refractivity contribution in [2.24, 2.45) is 17.8 Å². The smallest absolute Gasteiger partial charge is 0.279 e. The van der Waals surface area contributed by atoms with E-state index in [-0.39, 0.29) is 0 Å². The second-order valence-electron chi connectivity index (χ2n) is 5.24. The molecule has 2 atom stereocenters. The molecule has 0 aromatic heterocycles. The number of hydrogen-bond acceptors (Lipinski definition) is 3. The van der Waals surface area contributed by atoms with E-state index in [1.54, 1.807) is 4.31 Å². The average molecular weight is 247 g/mol. The minimum absolute atomic E-state index is 0.346. The van der Waals surface area contributed by atoms with E-state index in [0.29, 0.717) is 37.4 Å². The summed E-state index contributed by atoms with van der Waals surface area (Å²) in [6.07, 6.45) is 0. The number of nitrogens with one attached hydrogen (secondary N) is 2.